The summed E-state index contributed by atoms with van der Waals surface area (Å²) in [5, 5.41) is 13.8. The molecule has 0 radical (unpaired) electrons. The molecule has 0 aliphatic heterocycles. The monoisotopic (exact) mass is 313 g/mol. The molecule has 0 saturated carbocycles. The molecule has 0 fully saturated rings. The minimum absolute atomic E-state index is 0.0353. The third-order valence-corrected chi connectivity index (χ3v) is 5.35. The molecule has 2 unspecified atom stereocenters. The Morgan fingerprint density at radius 1 is 1.48 bits per heavy atom. The number of ketones is 1. The summed E-state index contributed by atoms with van der Waals surface area (Å²) in [5.41, 5.74) is 0.714. The van der Waals surface area contributed by atoms with E-state index >= 15 is 0 Å². The molecule has 0 spiro atoms. The van der Waals surface area contributed by atoms with E-state index in [4.69, 9.17) is 4.74 Å². The maximum atomic E-state index is 12.6. The Morgan fingerprint density at radius 2 is 2.17 bits per heavy atom. The van der Waals surface area contributed by atoms with E-state index in [2.05, 4.69) is 5.10 Å². The van der Waals surface area contributed by atoms with Crippen LogP contribution in [0.25, 0.3) is 0 Å². The molecule has 1 heterocycles. The number of methoxy groups -OCH3 is 1. The Morgan fingerprint density at radius 3 is 2.78 bits per heavy atom. The van der Waals surface area contributed by atoms with Crippen LogP contribution in [0.1, 0.15) is 38.4 Å². The molecule has 0 aromatic carbocycles. The molecular weight excluding hydrogens is 294 g/mol. The van der Waals surface area contributed by atoms with E-state index in [1.54, 1.807) is 12.3 Å². The van der Waals surface area contributed by atoms with Crippen molar-refractivity contribution < 1.29 is 14.3 Å². The van der Waals surface area contributed by atoms with Crippen molar-refractivity contribution in [3.05, 3.63) is 29.1 Å². The molecule has 6 heteroatoms. The van der Waals surface area contributed by atoms with Gasteiger partial charge in [0.1, 0.15) is 6.07 Å². The van der Waals surface area contributed by atoms with Crippen molar-refractivity contribution in [1.29, 1.82) is 5.26 Å². The Balaban J connectivity index is 2.21. The molecule has 1 aromatic rings. The van der Waals surface area contributed by atoms with Gasteiger partial charge in [0, 0.05) is 17.0 Å². The lowest BCUT2D eigenvalue weighted by Crippen LogP contribution is -2.51. The molecule has 0 bridgehead atoms. The number of rotatable bonds is 0. The SMILES string of the molecule is COC(=O)n1cc2c(n1)C1(C)C=C(C#N)C(=O)C(C)(C)C1CC2. The second kappa shape index (κ2) is 4.79. The highest BCUT2D eigenvalue weighted by Gasteiger charge is 2.55. The quantitative estimate of drug-likeness (QED) is 0.734. The number of fused-ring (bicyclic) bond motifs is 3. The fraction of sp³-hybridized carbons (Fsp3) is 0.529. The lowest BCUT2D eigenvalue weighted by molar-refractivity contribution is -0.128. The van der Waals surface area contributed by atoms with Crippen LogP contribution in [0, 0.1) is 22.7 Å². The fourth-order valence-electron chi connectivity index (χ4n) is 4.23. The van der Waals surface area contributed by atoms with Crippen molar-refractivity contribution in [2.75, 3.05) is 7.11 Å². The van der Waals surface area contributed by atoms with Gasteiger partial charge < -0.3 is 4.74 Å². The van der Waals surface area contributed by atoms with Gasteiger partial charge >= 0.3 is 6.09 Å². The lowest BCUT2D eigenvalue weighted by Gasteiger charge is -2.49. The molecule has 3 rings (SSSR count). The van der Waals surface area contributed by atoms with Crippen molar-refractivity contribution in [3.63, 3.8) is 0 Å². The molecule has 0 amide bonds. The number of nitriles is 1. The first-order valence-electron chi connectivity index (χ1n) is 7.60. The number of carbonyl (C=O) groups excluding carboxylic acids is 2. The van der Waals surface area contributed by atoms with Crippen molar-refractivity contribution in [2.45, 2.75) is 39.0 Å². The third-order valence-electron chi connectivity index (χ3n) is 5.35. The standard InChI is InChI=1S/C17H19N3O3/c1-16(2)12-6-5-10-9-20(15(22)23-4)19-13(10)17(12,3)7-11(8-18)14(16)21/h7,9,12H,5-6H2,1-4H3. The van der Waals surface area contributed by atoms with Crippen LogP contribution in [-0.2, 0) is 21.4 Å². The predicted molar refractivity (Wildman–Crippen MR) is 81.7 cm³/mol. The Hall–Kier alpha value is -2.42. The third kappa shape index (κ3) is 1.96. The predicted octanol–water partition coefficient (Wildman–Crippen LogP) is 2.38. The number of aryl methyl sites for hydroxylation is 1. The van der Waals surface area contributed by atoms with Gasteiger partial charge in [0.2, 0.25) is 0 Å². The van der Waals surface area contributed by atoms with Gasteiger partial charge in [-0.2, -0.15) is 15.0 Å². The van der Waals surface area contributed by atoms with E-state index in [9.17, 15) is 14.9 Å². The summed E-state index contributed by atoms with van der Waals surface area (Å²) in [5.74, 6) is -0.0774. The van der Waals surface area contributed by atoms with Crippen LogP contribution in [0.2, 0.25) is 0 Å². The molecule has 2 aliphatic carbocycles. The maximum Gasteiger partial charge on any atom is 0.434 e. The van der Waals surface area contributed by atoms with Gasteiger partial charge in [0.05, 0.1) is 18.4 Å². The Kier molecular flexibility index (Phi) is 3.22. The number of aromatic nitrogens is 2. The summed E-state index contributed by atoms with van der Waals surface area (Å²) in [6.07, 6.45) is 4.43. The summed E-state index contributed by atoms with van der Waals surface area (Å²) >= 11 is 0. The van der Waals surface area contributed by atoms with Gasteiger partial charge in [-0.05, 0) is 24.3 Å². The topological polar surface area (TPSA) is 85.0 Å². The zero-order valence-electron chi connectivity index (χ0n) is 13.7. The van der Waals surface area contributed by atoms with Gasteiger partial charge in [-0.1, -0.05) is 26.8 Å². The smallest absolute Gasteiger partial charge is 0.434 e. The minimum atomic E-state index is -0.638. The summed E-state index contributed by atoms with van der Waals surface area (Å²) in [4.78, 5) is 24.3. The molecule has 1 aromatic heterocycles. The van der Waals surface area contributed by atoms with Crippen molar-refractivity contribution in [3.8, 4) is 6.07 Å². The van der Waals surface area contributed by atoms with E-state index in [1.807, 2.05) is 26.8 Å². The summed E-state index contributed by atoms with van der Waals surface area (Å²) in [6.45, 7) is 5.78. The van der Waals surface area contributed by atoms with Crippen LogP contribution in [0.3, 0.4) is 0 Å². The second-order valence-corrected chi connectivity index (χ2v) is 7.01. The van der Waals surface area contributed by atoms with Crippen LogP contribution in [-0.4, -0.2) is 28.8 Å². The Bertz CT molecular complexity index is 781. The number of hydrogen-bond acceptors (Lipinski definition) is 5. The molecule has 6 nitrogen and oxygen atoms in total. The van der Waals surface area contributed by atoms with E-state index in [0.29, 0.717) is 0 Å². The second-order valence-electron chi connectivity index (χ2n) is 7.01. The van der Waals surface area contributed by atoms with Gasteiger partial charge in [-0.15, -0.1) is 0 Å². The molecule has 120 valence electrons. The number of Topliss-reactive ketones (excluding diaryl/α,β-unsaturated/α-hetero) is 1. The highest BCUT2D eigenvalue weighted by molar-refractivity contribution is 6.04. The normalized spacial score (nSPS) is 28.2. The first-order chi connectivity index (χ1) is 10.8. The van der Waals surface area contributed by atoms with E-state index in [1.165, 1.54) is 11.8 Å². The van der Waals surface area contributed by atoms with Crippen LogP contribution in [0.4, 0.5) is 4.79 Å². The molecule has 0 saturated heterocycles. The first kappa shape index (κ1) is 15.5. The summed E-state index contributed by atoms with van der Waals surface area (Å²) < 4.78 is 5.92. The molecule has 2 aliphatic rings. The number of allylic oxidation sites excluding steroid dienone is 2. The summed E-state index contributed by atoms with van der Waals surface area (Å²) in [6, 6.07) is 2.02. The average molecular weight is 313 g/mol. The molecule has 0 N–H and O–H groups in total. The highest BCUT2D eigenvalue weighted by Crippen LogP contribution is 2.54. The fourth-order valence-corrected chi connectivity index (χ4v) is 4.23. The van der Waals surface area contributed by atoms with E-state index in [0.717, 1.165) is 24.1 Å². The van der Waals surface area contributed by atoms with Crippen LogP contribution in [0.5, 0.6) is 0 Å². The van der Waals surface area contributed by atoms with Gasteiger partial charge in [-0.25, -0.2) is 4.79 Å². The summed E-state index contributed by atoms with van der Waals surface area (Å²) in [7, 11) is 1.31. The molecular formula is C17H19N3O3. The van der Waals surface area contributed by atoms with Crippen molar-refractivity contribution in [1.82, 2.24) is 9.78 Å². The Labute approximate surface area is 134 Å². The number of ether oxygens (including phenoxy) is 1. The number of carbonyl (C=O) groups is 2. The lowest BCUT2D eigenvalue weighted by atomic mass is 9.52. The van der Waals surface area contributed by atoms with Crippen molar-refractivity contribution in [2.24, 2.45) is 11.3 Å². The number of nitrogens with zero attached hydrogens (tertiary/aromatic N) is 3. The van der Waals surface area contributed by atoms with Gasteiger partial charge in [0.15, 0.2) is 5.78 Å². The van der Waals surface area contributed by atoms with Crippen LogP contribution < -0.4 is 0 Å². The zero-order chi connectivity index (χ0) is 17.0. The minimum Gasteiger partial charge on any atom is -0.451 e. The largest absolute Gasteiger partial charge is 0.451 e. The first-order valence-corrected chi connectivity index (χ1v) is 7.60. The van der Waals surface area contributed by atoms with Crippen LogP contribution in [0.15, 0.2) is 17.8 Å². The van der Waals surface area contributed by atoms with Gasteiger partial charge in [0.25, 0.3) is 0 Å². The number of hydrogen-bond donors (Lipinski definition) is 0. The van der Waals surface area contributed by atoms with E-state index in [-0.39, 0.29) is 17.3 Å². The van der Waals surface area contributed by atoms with E-state index < -0.39 is 16.9 Å². The van der Waals surface area contributed by atoms with Gasteiger partial charge in [-0.3, -0.25) is 4.79 Å². The molecule has 2 atom stereocenters. The maximum absolute atomic E-state index is 12.6. The highest BCUT2D eigenvalue weighted by atomic mass is 16.5. The molecule has 23 heavy (non-hydrogen) atoms. The van der Waals surface area contributed by atoms with Crippen LogP contribution >= 0.6 is 0 Å². The van der Waals surface area contributed by atoms with Crippen molar-refractivity contribution >= 4 is 11.9 Å². The zero-order valence-corrected chi connectivity index (χ0v) is 13.7. The average Bonchev–Trinajstić information content (AvgIpc) is 2.96.